The van der Waals surface area contributed by atoms with Gasteiger partial charge in [-0.15, -0.1) is 0 Å². The van der Waals surface area contributed by atoms with Crippen molar-refractivity contribution < 1.29 is 12.7 Å². The molecule has 0 spiro atoms. The summed E-state index contributed by atoms with van der Waals surface area (Å²) < 4.78 is 28.8. The molecular formula is C14H14N2O3S. The van der Waals surface area contributed by atoms with E-state index in [-0.39, 0.29) is 4.90 Å². The molecule has 1 aromatic carbocycles. The summed E-state index contributed by atoms with van der Waals surface area (Å²) in [5, 5.41) is 3.65. The van der Waals surface area contributed by atoms with Gasteiger partial charge in [0.1, 0.15) is 10.6 Å². The van der Waals surface area contributed by atoms with Gasteiger partial charge in [0.05, 0.1) is 5.69 Å². The maximum Gasteiger partial charge on any atom is 0.358 e. The third-order valence-corrected chi connectivity index (χ3v) is 3.94. The van der Waals surface area contributed by atoms with E-state index in [9.17, 15) is 8.42 Å². The number of benzene rings is 1. The predicted octanol–water partition coefficient (Wildman–Crippen LogP) is 2.52. The third-order valence-electron chi connectivity index (χ3n) is 2.67. The standard InChI is InChI=1S/C14H14N2O3S/c1-11-7-3-4-9-14(11)20(17,18)19-16-12(2)13-8-5-6-10-15-13/h3-10H,1-2H3. The van der Waals surface area contributed by atoms with Crippen LogP contribution in [0.2, 0.25) is 0 Å². The molecule has 0 N–H and O–H groups in total. The van der Waals surface area contributed by atoms with Gasteiger partial charge in [0.15, 0.2) is 0 Å². The Morgan fingerprint density at radius 1 is 1.15 bits per heavy atom. The highest BCUT2D eigenvalue weighted by Crippen LogP contribution is 2.17. The lowest BCUT2D eigenvalue weighted by molar-refractivity contribution is 0.338. The SMILES string of the molecule is CC(=NOS(=O)(=O)c1ccccc1C)c1ccccn1. The minimum absolute atomic E-state index is 0.109. The molecule has 5 nitrogen and oxygen atoms in total. The molecule has 104 valence electrons. The maximum atomic E-state index is 12.0. The number of nitrogens with zero attached hydrogens (tertiary/aromatic N) is 2. The van der Waals surface area contributed by atoms with Crippen LogP contribution < -0.4 is 0 Å². The zero-order valence-electron chi connectivity index (χ0n) is 11.1. The molecule has 2 aromatic rings. The molecule has 0 saturated carbocycles. The highest BCUT2D eigenvalue weighted by atomic mass is 32.2. The molecule has 0 unspecified atom stereocenters. The highest BCUT2D eigenvalue weighted by molar-refractivity contribution is 7.86. The fourth-order valence-electron chi connectivity index (χ4n) is 1.61. The Hall–Kier alpha value is -2.21. The van der Waals surface area contributed by atoms with Crippen molar-refractivity contribution >= 4 is 15.8 Å². The van der Waals surface area contributed by atoms with E-state index in [0.717, 1.165) is 0 Å². The van der Waals surface area contributed by atoms with E-state index in [1.165, 1.54) is 6.07 Å². The lowest BCUT2D eigenvalue weighted by atomic mass is 10.2. The van der Waals surface area contributed by atoms with Crippen molar-refractivity contribution in [3.63, 3.8) is 0 Å². The highest BCUT2D eigenvalue weighted by Gasteiger charge is 2.18. The van der Waals surface area contributed by atoms with Crippen LogP contribution in [0.3, 0.4) is 0 Å². The van der Waals surface area contributed by atoms with Crippen LogP contribution in [-0.4, -0.2) is 19.1 Å². The molecular weight excluding hydrogens is 276 g/mol. The topological polar surface area (TPSA) is 68.6 Å². The fourth-order valence-corrected chi connectivity index (χ4v) is 2.60. The molecule has 0 saturated heterocycles. The van der Waals surface area contributed by atoms with Crippen LogP contribution in [0.25, 0.3) is 0 Å². The van der Waals surface area contributed by atoms with Crippen molar-refractivity contribution in [3.8, 4) is 0 Å². The normalized spacial score (nSPS) is 12.2. The van der Waals surface area contributed by atoms with Crippen LogP contribution in [0.5, 0.6) is 0 Å². The molecule has 0 aliphatic carbocycles. The molecule has 0 bridgehead atoms. The summed E-state index contributed by atoms with van der Waals surface area (Å²) in [4.78, 5) is 4.17. The maximum absolute atomic E-state index is 12.0. The Morgan fingerprint density at radius 3 is 2.50 bits per heavy atom. The first-order valence-corrected chi connectivity index (χ1v) is 7.37. The van der Waals surface area contributed by atoms with E-state index >= 15 is 0 Å². The van der Waals surface area contributed by atoms with Gasteiger partial charge in [0.25, 0.3) is 0 Å². The summed E-state index contributed by atoms with van der Waals surface area (Å²) in [6.45, 7) is 3.33. The molecule has 1 heterocycles. The van der Waals surface area contributed by atoms with E-state index < -0.39 is 10.1 Å². The lowest BCUT2D eigenvalue weighted by Gasteiger charge is -2.05. The van der Waals surface area contributed by atoms with Gasteiger partial charge in [0, 0.05) is 6.20 Å². The number of aryl methyl sites for hydroxylation is 1. The predicted molar refractivity (Wildman–Crippen MR) is 75.9 cm³/mol. The van der Waals surface area contributed by atoms with E-state index in [2.05, 4.69) is 10.1 Å². The van der Waals surface area contributed by atoms with Crippen molar-refractivity contribution in [3.05, 3.63) is 59.9 Å². The van der Waals surface area contributed by atoms with Crippen molar-refractivity contribution in [2.45, 2.75) is 18.7 Å². The third kappa shape index (κ3) is 3.21. The van der Waals surface area contributed by atoms with Crippen LogP contribution in [0.15, 0.2) is 58.7 Å². The Bertz CT molecular complexity index is 725. The second kappa shape index (κ2) is 5.83. The zero-order valence-corrected chi connectivity index (χ0v) is 12.0. The molecule has 0 amide bonds. The smallest absolute Gasteiger partial charge is 0.264 e. The monoisotopic (exact) mass is 290 g/mol. The summed E-state index contributed by atoms with van der Waals surface area (Å²) in [6.07, 6.45) is 1.60. The molecule has 1 aromatic heterocycles. The first kappa shape index (κ1) is 14.2. The summed E-state index contributed by atoms with van der Waals surface area (Å²) in [6, 6.07) is 11.9. The number of aromatic nitrogens is 1. The fraction of sp³-hybridized carbons (Fsp3) is 0.143. The number of hydrogen-bond donors (Lipinski definition) is 0. The average Bonchev–Trinajstić information content (AvgIpc) is 2.46. The minimum Gasteiger partial charge on any atom is -0.264 e. The van der Waals surface area contributed by atoms with Gasteiger partial charge >= 0.3 is 10.1 Å². The molecule has 6 heteroatoms. The number of oxime groups is 1. The summed E-state index contributed by atoms with van der Waals surface area (Å²) >= 11 is 0. The number of pyridine rings is 1. The van der Waals surface area contributed by atoms with Crippen LogP contribution in [0, 0.1) is 6.92 Å². The van der Waals surface area contributed by atoms with Gasteiger partial charge in [-0.3, -0.25) is 9.27 Å². The Kier molecular flexibility index (Phi) is 4.14. The van der Waals surface area contributed by atoms with E-state index in [1.807, 2.05) is 0 Å². The first-order chi connectivity index (χ1) is 9.50. The van der Waals surface area contributed by atoms with E-state index in [0.29, 0.717) is 17.0 Å². The molecule has 0 atom stereocenters. The second-order valence-electron chi connectivity index (χ2n) is 4.19. The molecule has 0 aliphatic heterocycles. The van der Waals surface area contributed by atoms with Gasteiger partial charge in [-0.2, -0.15) is 8.42 Å². The van der Waals surface area contributed by atoms with Gasteiger partial charge in [-0.05, 0) is 37.6 Å². The Balaban J connectivity index is 2.24. The van der Waals surface area contributed by atoms with Gasteiger partial charge < -0.3 is 0 Å². The van der Waals surface area contributed by atoms with E-state index in [4.69, 9.17) is 4.28 Å². The number of rotatable bonds is 4. The van der Waals surface area contributed by atoms with Gasteiger partial charge in [-0.1, -0.05) is 29.4 Å². The first-order valence-electron chi connectivity index (χ1n) is 5.96. The van der Waals surface area contributed by atoms with Crippen LogP contribution >= 0.6 is 0 Å². The van der Waals surface area contributed by atoms with Crippen molar-refractivity contribution in [2.75, 3.05) is 0 Å². The molecule has 0 radical (unpaired) electrons. The number of hydrogen-bond acceptors (Lipinski definition) is 5. The van der Waals surface area contributed by atoms with Crippen LogP contribution in [-0.2, 0) is 14.4 Å². The lowest BCUT2D eigenvalue weighted by Crippen LogP contribution is -2.07. The summed E-state index contributed by atoms with van der Waals surface area (Å²) in [5.41, 5.74) is 1.56. The van der Waals surface area contributed by atoms with Gasteiger partial charge in [-0.25, -0.2) is 0 Å². The quantitative estimate of drug-likeness (QED) is 0.641. The van der Waals surface area contributed by atoms with E-state index in [1.54, 1.807) is 56.4 Å². The van der Waals surface area contributed by atoms with Crippen molar-refractivity contribution in [1.29, 1.82) is 0 Å². The molecule has 0 aliphatic rings. The van der Waals surface area contributed by atoms with Crippen LogP contribution in [0.4, 0.5) is 0 Å². The largest absolute Gasteiger partial charge is 0.358 e. The van der Waals surface area contributed by atoms with Crippen molar-refractivity contribution in [1.82, 2.24) is 4.98 Å². The van der Waals surface area contributed by atoms with Crippen LogP contribution in [0.1, 0.15) is 18.2 Å². The summed E-state index contributed by atoms with van der Waals surface area (Å²) in [7, 11) is -3.91. The van der Waals surface area contributed by atoms with Crippen molar-refractivity contribution in [2.24, 2.45) is 5.16 Å². The minimum atomic E-state index is -3.91. The summed E-state index contributed by atoms with van der Waals surface area (Å²) in [5.74, 6) is 0. The zero-order chi connectivity index (χ0) is 14.6. The molecule has 0 fully saturated rings. The molecule has 2 rings (SSSR count). The second-order valence-corrected chi connectivity index (χ2v) is 5.68. The average molecular weight is 290 g/mol. The Labute approximate surface area is 118 Å². The molecule has 20 heavy (non-hydrogen) atoms. The Morgan fingerprint density at radius 2 is 1.85 bits per heavy atom. The van der Waals surface area contributed by atoms with Gasteiger partial charge in [0.2, 0.25) is 0 Å².